The van der Waals surface area contributed by atoms with Gasteiger partial charge < -0.3 is 15.5 Å². The summed E-state index contributed by atoms with van der Waals surface area (Å²) >= 11 is 0. The molecule has 6 heteroatoms. The molecule has 0 aliphatic heterocycles. The van der Waals surface area contributed by atoms with Crippen LogP contribution in [0.1, 0.15) is 46.0 Å². The van der Waals surface area contributed by atoms with Gasteiger partial charge in [0.15, 0.2) is 0 Å². The summed E-state index contributed by atoms with van der Waals surface area (Å²) in [6, 6.07) is -0.864. The fraction of sp³-hybridized carbons (Fsp3) is 0.750. The first-order chi connectivity index (χ1) is 8.32. The summed E-state index contributed by atoms with van der Waals surface area (Å²) in [5.74, 6) is -2.09. The van der Waals surface area contributed by atoms with Crippen molar-refractivity contribution in [3.63, 3.8) is 0 Å². The van der Waals surface area contributed by atoms with E-state index in [4.69, 9.17) is 10.2 Å². The number of carboxylic acids is 2. The molecule has 0 spiro atoms. The highest BCUT2D eigenvalue weighted by molar-refractivity contribution is 5.83. The van der Waals surface area contributed by atoms with E-state index in [0.717, 1.165) is 0 Å². The van der Waals surface area contributed by atoms with Crippen molar-refractivity contribution in [1.82, 2.24) is 5.32 Å². The van der Waals surface area contributed by atoms with Crippen molar-refractivity contribution in [1.29, 1.82) is 0 Å². The van der Waals surface area contributed by atoms with Gasteiger partial charge in [0.2, 0.25) is 5.91 Å². The molecule has 0 bridgehead atoms. The van der Waals surface area contributed by atoms with E-state index in [2.05, 4.69) is 5.32 Å². The number of unbranched alkanes of at least 4 members (excludes halogenated alkanes) is 1. The number of rotatable bonds is 9. The molecule has 0 aliphatic carbocycles. The van der Waals surface area contributed by atoms with Gasteiger partial charge in [-0.3, -0.25) is 9.59 Å². The zero-order valence-electron chi connectivity index (χ0n) is 10.8. The van der Waals surface area contributed by atoms with Crippen LogP contribution in [0.25, 0.3) is 0 Å². The molecule has 6 nitrogen and oxygen atoms in total. The zero-order valence-corrected chi connectivity index (χ0v) is 10.8. The van der Waals surface area contributed by atoms with E-state index in [1.165, 1.54) is 0 Å². The second-order valence-electron chi connectivity index (χ2n) is 4.69. The molecule has 3 N–H and O–H groups in total. The van der Waals surface area contributed by atoms with Gasteiger partial charge in [0.05, 0.1) is 0 Å². The largest absolute Gasteiger partial charge is 0.481 e. The monoisotopic (exact) mass is 259 g/mol. The maximum Gasteiger partial charge on any atom is 0.326 e. The Labute approximate surface area is 106 Å². The summed E-state index contributed by atoms with van der Waals surface area (Å²) in [5, 5.41) is 19.8. The van der Waals surface area contributed by atoms with Gasteiger partial charge in [-0.1, -0.05) is 13.8 Å². The average Bonchev–Trinajstić information content (AvgIpc) is 2.22. The lowest BCUT2D eigenvalue weighted by molar-refractivity contribution is -0.142. The molecule has 0 aromatic carbocycles. The van der Waals surface area contributed by atoms with Crippen LogP contribution in [0.3, 0.4) is 0 Å². The molecule has 0 aliphatic rings. The summed E-state index contributed by atoms with van der Waals surface area (Å²) in [5.41, 5.74) is 0. The fourth-order valence-electron chi connectivity index (χ4n) is 1.52. The highest BCUT2D eigenvalue weighted by Gasteiger charge is 2.20. The standard InChI is InChI=1S/C12H21NO5/c1-8(2)7-9(12(17)18)13-10(14)5-3-4-6-11(15)16/h8-9H,3-7H2,1-2H3,(H,13,14)(H,15,16)(H,17,18). The number of carboxylic acid groups (broad SMARTS) is 2. The first-order valence-electron chi connectivity index (χ1n) is 6.07. The third-order valence-corrected chi connectivity index (χ3v) is 2.38. The molecule has 104 valence electrons. The highest BCUT2D eigenvalue weighted by Crippen LogP contribution is 2.06. The lowest BCUT2D eigenvalue weighted by atomic mass is 10.0. The SMILES string of the molecule is CC(C)CC(NC(=O)CCCCC(=O)O)C(=O)O. The van der Waals surface area contributed by atoms with Crippen molar-refractivity contribution in [3.05, 3.63) is 0 Å². The minimum atomic E-state index is -1.04. The highest BCUT2D eigenvalue weighted by atomic mass is 16.4. The fourth-order valence-corrected chi connectivity index (χ4v) is 1.52. The van der Waals surface area contributed by atoms with E-state index in [0.29, 0.717) is 19.3 Å². The molecule has 1 atom stereocenters. The van der Waals surface area contributed by atoms with Crippen LogP contribution in [-0.2, 0) is 14.4 Å². The maximum absolute atomic E-state index is 11.5. The molecular weight excluding hydrogens is 238 g/mol. The summed E-state index contributed by atoms with van der Waals surface area (Å²) in [6.45, 7) is 3.77. The van der Waals surface area contributed by atoms with Crippen LogP contribution in [0.4, 0.5) is 0 Å². The second-order valence-corrected chi connectivity index (χ2v) is 4.69. The molecule has 0 saturated carbocycles. The van der Waals surface area contributed by atoms with Gasteiger partial charge in [0.1, 0.15) is 6.04 Å². The molecule has 0 aromatic heterocycles. The Balaban J connectivity index is 3.95. The van der Waals surface area contributed by atoms with E-state index in [1.54, 1.807) is 0 Å². The molecule has 1 unspecified atom stereocenters. The lowest BCUT2D eigenvalue weighted by Crippen LogP contribution is -2.41. The Morgan fingerprint density at radius 2 is 1.61 bits per heavy atom. The van der Waals surface area contributed by atoms with Crippen LogP contribution in [0.5, 0.6) is 0 Å². The summed E-state index contributed by atoms with van der Waals surface area (Å²) in [7, 11) is 0. The minimum Gasteiger partial charge on any atom is -0.481 e. The van der Waals surface area contributed by atoms with Gasteiger partial charge in [-0.15, -0.1) is 0 Å². The Hall–Kier alpha value is -1.59. The van der Waals surface area contributed by atoms with Crippen LogP contribution in [0, 0.1) is 5.92 Å². The van der Waals surface area contributed by atoms with E-state index < -0.39 is 18.0 Å². The molecule has 1 amide bonds. The minimum absolute atomic E-state index is 0.0294. The third kappa shape index (κ3) is 8.55. The maximum atomic E-state index is 11.5. The van der Waals surface area contributed by atoms with Gasteiger partial charge >= 0.3 is 11.9 Å². The van der Waals surface area contributed by atoms with Crippen molar-refractivity contribution >= 4 is 17.8 Å². The summed E-state index contributed by atoms with van der Waals surface area (Å²) < 4.78 is 0. The average molecular weight is 259 g/mol. The van der Waals surface area contributed by atoms with Crippen LogP contribution >= 0.6 is 0 Å². The van der Waals surface area contributed by atoms with Crippen molar-refractivity contribution < 1.29 is 24.6 Å². The smallest absolute Gasteiger partial charge is 0.326 e. The quantitative estimate of drug-likeness (QED) is 0.540. The number of hydrogen-bond donors (Lipinski definition) is 3. The molecule has 0 fully saturated rings. The van der Waals surface area contributed by atoms with Gasteiger partial charge in [0, 0.05) is 12.8 Å². The molecule has 0 rings (SSSR count). The molecule has 0 heterocycles. The summed E-state index contributed by atoms with van der Waals surface area (Å²) in [6.07, 6.45) is 1.45. The number of nitrogens with one attached hydrogen (secondary N) is 1. The van der Waals surface area contributed by atoms with Gasteiger partial charge in [-0.05, 0) is 25.2 Å². The van der Waals surface area contributed by atoms with Crippen LogP contribution < -0.4 is 5.32 Å². The number of hydrogen-bond acceptors (Lipinski definition) is 3. The number of carbonyl (C=O) groups is 3. The topological polar surface area (TPSA) is 104 Å². The second kappa shape index (κ2) is 8.49. The summed E-state index contributed by atoms with van der Waals surface area (Å²) in [4.78, 5) is 32.6. The van der Waals surface area contributed by atoms with Gasteiger partial charge in [-0.25, -0.2) is 4.79 Å². The Kier molecular flexibility index (Phi) is 7.74. The Morgan fingerprint density at radius 1 is 1.06 bits per heavy atom. The Morgan fingerprint density at radius 3 is 2.06 bits per heavy atom. The van der Waals surface area contributed by atoms with Crippen LogP contribution in [0.15, 0.2) is 0 Å². The number of aliphatic carboxylic acids is 2. The van der Waals surface area contributed by atoms with E-state index in [-0.39, 0.29) is 24.7 Å². The third-order valence-electron chi connectivity index (χ3n) is 2.38. The molecular formula is C12H21NO5. The first kappa shape index (κ1) is 16.4. The van der Waals surface area contributed by atoms with Crippen molar-refractivity contribution in [3.8, 4) is 0 Å². The molecule has 0 saturated heterocycles. The van der Waals surface area contributed by atoms with E-state index >= 15 is 0 Å². The normalized spacial score (nSPS) is 12.2. The van der Waals surface area contributed by atoms with Crippen molar-refractivity contribution in [2.45, 2.75) is 52.0 Å². The number of carbonyl (C=O) groups excluding carboxylic acids is 1. The van der Waals surface area contributed by atoms with E-state index in [9.17, 15) is 14.4 Å². The first-order valence-corrected chi connectivity index (χ1v) is 6.07. The molecule has 0 radical (unpaired) electrons. The lowest BCUT2D eigenvalue weighted by Gasteiger charge is -2.16. The van der Waals surface area contributed by atoms with E-state index in [1.807, 2.05) is 13.8 Å². The molecule has 18 heavy (non-hydrogen) atoms. The zero-order chi connectivity index (χ0) is 14.1. The van der Waals surface area contributed by atoms with Crippen LogP contribution in [0.2, 0.25) is 0 Å². The predicted octanol–water partition coefficient (Wildman–Crippen LogP) is 1.25. The molecule has 0 aromatic rings. The Bertz CT molecular complexity index is 301. The predicted molar refractivity (Wildman–Crippen MR) is 65.1 cm³/mol. The van der Waals surface area contributed by atoms with Crippen molar-refractivity contribution in [2.75, 3.05) is 0 Å². The number of amides is 1. The van der Waals surface area contributed by atoms with Crippen molar-refractivity contribution in [2.24, 2.45) is 5.92 Å². The van der Waals surface area contributed by atoms with Gasteiger partial charge in [-0.2, -0.15) is 0 Å². The van der Waals surface area contributed by atoms with Crippen LogP contribution in [-0.4, -0.2) is 34.1 Å². The van der Waals surface area contributed by atoms with Gasteiger partial charge in [0.25, 0.3) is 0 Å².